The van der Waals surface area contributed by atoms with Crippen LogP contribution >= 0.6 is 0 Å². The Morgan fingerprint density at radius 1 is 1.08 bits per heavy atom. The second kappa shape index (κ2) is 11.0. The molecule has 1 aromatic carbocycles. The van der Waals surface area contributed by atoms with Crippen molar-refractivity contribution in [1.29, 1.82) is 5.26 Å². The van der Waals surface area contributed by atoms with Gasteiger partial charge in [0.1, 0.15) is 0 Å². The van der Waals surface area contributed by atoms with Crippen LogP contribution in [0.3, 0.4) is 0 Å². The van der Waals surface area contributed by atoms with Crippen LogP contribution in [0.1, 0.15) is 58.4 Å². The minimum atomic E-state index is -0.509. The molecular formula is C21H34N2O2. The summed E-state index contributed by atoms with van der Waals surface area (Å²) >= 11 is 0. The maximum Gasteiger partial charge on any atom is 0.161 e. The number of rotatable bonds is 12. The van der Waals surface area contributed by atoms with E-state index in [1.165, 1.54) is 19.3 Å². The second-order valence-corrected chi connectivity index (χ2v) is 6.87. The highest BCUT2D eigenvalue weighted by Crippen LogP contribution is 2.40. The van der Waals surface area contributed by atoms with Gasteiger partial charge in [0.05, 0.1) is 25.7 Å². The Bertz CT molecular complexity index is 551. The van der Waals surface area contributed by atoms with E-state index in [0.717, 1.165) is 31.5 Å². The van der Waals surface area contributed by atoms with E-state index in [1.54, 1.807) is 14.2 Å². The molecule has 0 aliphatic carbocycles. The van der Waals surface area contributed by atoms with Gasteiger partial charge in [0.2, 0.25) is 0 Å². The second-order valence-electron chi connectivity index (χ2n) is 6.87. The maximum absolute atomic E-state index is 10.0. The highest BCUT2D eigenvalue weighted by molar-refractivity contribution is 5.47. The molecule has 0 aliphatic rings. The van der Waals surface area contributed by atoms with E-state index in [0.29, 0.717) is 11.5 Å². The van der Waals surface area contributed by atoms with Gasteiger partial charge in [-0.05, 0) is 56.0 Å². The molecule has 1 unspecified atom stereocenters. The topological polar surface area (TPSA) is 54.3 Å². The molecule has 0 aliphatic heterocycles. The molecule has 0 aromatic heterocycles. The maximum atomic E-state index is 10.0. The number of nitrogens with zero attached hydrogens (tertiary/aromatic N) is 1. The number of methoxy groups -OCH3 is 2. The average molecular weight is 347 g/mol. The van der Waals surface area contributed by atoms with Crippen molar-refractivity contribution in [2.45, 2.75) is 58.3 Å². The lowest BCUT2D eigenvalue weighted by Crippen LogP contribution is -2.32. The van der Waals surface area contributed by atoms with E-state index in [4.69, 9.17) is 9.47 Å². The number of hydrogen-bond acceptors (Lipinski definition) is 4. The summed E-state index contributed by atoms with van der Waals surface area (Å²) in [7, 11) is 3.26. The number of benzene rings is 1. The molecule has 0 spiro atoms. The molecule has 1 N–H and O–H groups in total. The number of hydrogen-bond donors (Lipinski definition) is 1. The lowest BCUT2D eigenvalue weighted by atomic mass is 9.70. The molecule has 0 bridgehead atoms. The predicted octanol–water partition coefficient (Wildman–Crippen LogP) is 4.68. The molecule has 25 heavy (non-hydrogen) atoms. The van der Waals surface area contributed by atoms with Crippen LogP contribution in [-0.4, -0.2) is 27.3 Å². The molecule has 0 saturated heterocycles. The molecule has 140 valence electrons. The standard InChI is InChI=1S/C21H34N2O2/c1-6-7-8-13-23-14-9-12-21(16-22,17(2)3)18-10-11-19(24-4)20(15-18)25-5/h10-11,15,17,23H,6-9,12-14H2,1-5H3. The van der Waals surface area contributed by atoms with Crippen LogP contribution in [-0.2, 0) is 5.41 Å². The van der Waals surface area contributed by atoms with Gasteiger partial charge in [-0.2, -0.15) is 5.26 Å². The highest BCUT2D eigenvalue weighted by Gasteiger charge is 2.36. The lowest BCUT2D eigenvalue weighted by Gasteiger charge is -2.32. The summed E-state index contributed by atoms with van der Waals surface area (Å²) in [5.41, 5.74) is 0.499. The summed E-state index contributed by atoms with van der Waals surface area (Å²) in [5.74, 6) is 1.59. The average Bonchev–Trinajstić information content (AvgIpc) is 2.63. The van der Waals surface area contributed by atoms with Crippen molar-refractivity contribution in [3.05, 3.63) is 23.8 Å². The third kappa shape index (κ3) is 5.64. The third-order valence-corrected chi connectivity index (χ3v) is 4.97. The van der Waals surface area contributed by atoms with Gasteiger partial charge in [-0.1, -0.05) is 39.7 Å². The van der Waals surface area contributed by atoms with Crippen molar-refractivity contribution in [2.24, 2.45) is 5.92 Å². The van der Waals surface area contributed by atoms with Gasteiger partial charge in [0.25, 0.3) is 0 Å². The molecule has 0 fully saturated rings. The SMILES string of the molecule is CCCCCNCCCC(C#N)(c1ccc(OC)c(OC)c1)C(C)C. The number of nitriles is 1. The molecule has 0 radical (unpaired) electrons. The van der Waals surface area contributed by atoms with Gasteiger partial charge in [-0.25, -0.2) is 0 Å². The third-order valence-electron chi connectivity index (χ3n) is 4.97. The smallest absolute Gasteiger partial charge is 0.161 e. The van der Waals surface area contributed by atoms with Crippen molar-refractivity contribution in [1.82, 2.24) is 5.32 Å². The van der Waals surface area contributed by atoms with E-state index < -0.39 is 5.41 Å². The Morgan fingerprint density at radius 3 is 2.32 bits per heavy atom. The van der Waals surface area contributed by atoms with Crippen LogP contribution in [0.4, 0.5) is 0 Å². The molecule has 1 rings (SSSR count). The summed E-state index contributed by atoms with van der Waals surface area (Å²) in [4.78, 5) is 0. The van der Waals surface area contributed by atoms with Crippen molar-refractivity contribution in [2.75, 3.05) is 27.3 Å². The molecule has 1 atom stereocenters. The zero-order valence-electron chi connectivity index (χ0n) is 16.5. The Kier molecular flexibility index (Phi) is 9.37. The summed E-state index contributed by atoms with van der Waals surface area (Å²) in [6.45, 7) is 8.47. The number of nitrogens with one attached hydrogen (secondary N) is 1. The van der Waals surface area contributed by atoms with Gasteiger partial charge in [-0.3, -0.25) is 0 Å². The van der Waals surface area contributed by atoms with Crippen LogP contribution in [0.15, 0.2) is 18.2 Å². The summed E-state index contributed by atoms with van der Waals surface area (Å²) in [6.07, 6.45) is 5.54. The minimum absolute atomic E-state index is 0.218. The van der Waals surface area contributed by atoms with E-state index in [2.05, 4.69) is 32.2 Å². The van der Waals surface area contributed by atoms with Gasteiger partial charge in [0, 0.05) is 0 Å². The van der Waals surface area contributed by atoms with Crippen molar-refractivity contribution >= 4 is 0 Å². The van der Waals surface area contributed by atoms with E-state index in [9.17, 15) is 5.26 Å². The first-order valence-corrected chi connectivity index (χ1v) is 9.40. The Labute approximate surface area is 153 Å². The van der Waals surface area contributed by atoms with Crippen molar-refractivity contribution in [3.8, 4) is 17.6 Å². The molecule has 4 nitrogen and oxygen atoms in total. The van der Waals surface area contributed by atoms with Gasteiger partial charge < -0.3 is 14.8 Å². The molecular weight excluding hydrogens is 312 g/mol. The van der Waals surface area contributed by atoms with Crippen LogP contribution in [0, 0.1) is 17.2 Å². The fourth-order valence-electron chi connectivity index (χ4n) is 3.25. The van der Waals surface area contributed by atoms with Gasteiger partial charge in [-0.15, -0.1) is 0 Å². The quantitative estimate of drug-likeness (QED) is 0.558. The monoisotopic (exact) mass is 346 g/mol. The molecule has 0 saturated carbocycles. The number of unbranched alkanes of at least 4 members (excludes halogenated alkanes) is 2. The first-order valence-electron chi connectivity index (χ1n) is 9.40. The van der Waals surface area contributed by atoms with E-state index >= 15 is 0 Å². The van der Waals surface area contributed by atoms with Crippen molar-refractivity contribution in [3.63, 3.8) is 0 Å². The molecule has 0 amide bonds. The van der Waals surface area contributed by atoms with Gasteiger partial charge in [0.15, 0.2) is 11.5 Å². The first-order chi connectivity index (χ1) is 12.1. The fourth-order valence-corrected chi connectivity index (χ4v) is 3.25. The molecule has 0 heterocycles. The Hall–Kier alpha value is -1.73. The van der Waals surface area contributed by atoms with Crippen LogP contribution in [0.25, 0.3) is 0 Å². The summed E-state index contributed by atoms with van der Waals surface area (Å²) < 4.78 is 10.8. The van der Waals surface area contributed by atoms with Gasteiger partial charge >= 0.3 is 0 Å². The lowest BCUT2D eigenvalue weighted by molar-refractivity contribution is 0.341. The van der Waals surface area contributed by atoms with E-state index in [-0.39, 0.29) is 5.92 Å². The Balaban J connectivity index is 2.84. The highest BCUT2D eigenvalue weighted by atomic mass is 16.5. The largest absolute Gasteiger partial charge is 0.493 e. The van der Waals surface area contributed by atoms with Crippen LogP contribution in [0.2, 0.25) is 0 Å². The minimum Gasteiger partial charge on any atom is -0.493 e. The Morgan fingerprint density at radius 2 is 1.76 bits per heavy atom. The van der Waals surface area contributed by atoms with E-state index in [1.807, 2.05) is 18.2 Å². The fraction of sp³-hybridized carbons (Fsp3) is 0.667. The van der Waals surface area contributed by atoms with Crippen LogP contribution < -0.4 is 14.8 Å². The van der Waals surface area contributed by atoms with Crippen molar-refractivity contribution < 1.29 is 9.47 Å². The van der Waals surface area contributed by atoms with Crippen LogP contribution in [0.5, 0.6) is 11.5 Å². The first kappa shape index (κ1) is 21.3. The zero-order valence-corrected chi connectivity index (χ0v) is 16.5. The normalized spacial score (nSPS) is 13.3. The molecule has 1 aromatic rings. The zero-order chi connectivity index (χ0) is 18.7. The number of ether oxygens (including phenoxy) is 2. The summed E-state index contributed by atoms with van der Waals surface area (Å²) in [5, 5.41) is 13.5. The summed E-state index contributed by atoms with van der Waals surface area (Å²) in [6, 6.07) is 8.46. The molecule has 4 heteroatoms. The predicted molar refractivity (Wildman–Crippen MR) is 103 cm³/mol.